The van der Waals surface area contributed by atoms with E-state index in [1.807, 2.05) is 0 Å². The summed E-state index contributed by atoms with van der Waals surface area (Å²) in [6, 6.07) is 61.2. The Morgan fingerprint density at radius 2 is 0.898 bits per heavy atom. The Hall–Kier alpha value is -6.65. The lowest BCUT2D eigenvalue weighted by Gasteiger charge is -2.11. The Labute approximate surface area is 281 Å². The van der Waals surface area contributed by atoms with E-state index in [0.29, 0.717) is 0 Å². The van der Waals surface area contributed by atoms with Crippen molar-refractivity contribution in [1.82, 2.24) is 18.5 Å². The highest BCUT2D eigenvalue weighted by molar-refractivity contribution is 6.25. The van der Waals surface area contributed by atoms with E-state index in [9.17, 15) is 0 Å². The molecular weight excluding hydrogens is 597 g/mol. The second kappa shape index (κ2) is 9.93. The number of hydrogen-bond donors (Lipinski definition) is 0. The molecule has 4 nitrogen and oxygen atoms in total. The van der Waals surface area contributed by atoms with Gasteiger partial charge in [0.2, 0.25) is 0 Å². The largest absolute Gasteiger partial charge is 0.309 e. The quantitative estimate of drug-likeness (QED) is 0.192. The molecule has 0 unspecified atom stereocenters. The minimum atomic E-state index is 0.980. The molecular formula is C45H28N4. The molecule has 0 aliphatic carbocycles. The molecule has 0 atom stereocenters. The molecule has 0 saturated carbocycles. The van der Waals surface area contributed by atoms with Crippen LogP contribution >= 0.6 is 0 Å². The summed E-state index contributed by atoms with van der Waals surface area (Å²) >= 11 is 0. The van der Waals surface area contributed by atoms with Crippen LogP contribution in [0.5, 0.6) is 0 Å². The minimum Gasteiger partial charge on any atom is -0.309 e. The second-order valence-corrected chi connectivity index (χ2v) is 12.8. The smallest absolute Gasteiger partial charge is 0.148 e. The summed E-state index contributed by atoms with van der Waals surface area (Å²) in [6.45, 7) is 0. The molecule has 49 heavy (non-hydrogen) atoms. The van der Waals surface area contributed by atoms with Gasteiger partial charge in [0.25, 0.3) is 0 Å². The van der Waals surface area contributed by atoms with Crippen LogP contribution in [0.15, 0.2) is 170 Å². The fourth-order valence-electron chi connectivity index (χ4n) is 8.11. The molecule has 0 amide bonds. The van der Waals surface area contributed by atoms with Crippen LogP contribution in [0.1, 0.15) is 0 Å². The number of benzene rings is 7. The zero-order valence-corrected chi connectivity index (χ0v) is 26.5. The van der Waals surface area contributed by atoms with Crippen molar-refractivity contribution in [2.24, 2.45) is 0 Å². The van der Waals surface area contributed by atoms with Gasteiger partial charge < -0.3 is 9.13 Å². The zero-order chi connectivity index (χ0) is 32.1. The summed E-state index contributed by atoms with van der Waals surface area (Å²) in [5.41, 5.74) is 13.7. The Balaban J connectivity index is 1.25. The molecule has 4 heterocycles. The highest BCUT2D eigenvalue weighted by atomic mass is 15.0. The SMILES string of the molecule is c1ccc(-n2c3ccccc3c3cc(-c4ccc5c(c4)c4c(c6ccccc6n6c7ccccc7nc46)n5-c4ccccc4)ccc32)cc1. The summed E-state index contributed by atoms with van der Waals surface area (Å²) < 4.78 is 7.14. The maximum Gasteiger partial charge on any atom is 0.148 e. The fourth-order valence-corrected chi connectivity index (χ4v) is 8.11. The Morgan fingerprint density at radius 1 is 0.367 bits per heavy atom. The molecule has 4 heteroatoms. The maximum absolute atomic E-state index is 5.31. The number of imidazole rings is 1. The highest BCUT2D eigenvalue weighted by Crippen LogP contribution is 2.42. The highest BCUT2D eigenvalue weighted by Gasteiger charge is 2.22. The van der Waals surface area contributed by atoms with Gasteiger partial charge in [-0.15, -0.1) is 0 Å². The molecule has 0 N–H and O–H groups in total. The van der Waals surface area contributed by atoms with Crippen LogP contribution in [0.25, 0.3) is 93.7 Å². The molecule has 228 valence electrons. The van der Waals surface area contributed by atoms with Crippen molar-refractivity contribution in [2.45, 2.75) is 0 Å². The minimum absolute atomic E-state index is 0.980. The Morgan fingerprint density at radius 3 is 1.63 bits per heavy atom. The van der Waals surface area contributed by atoms with E-state index in [4.69, 9.17) is 4.98 Å². The van der Waals surface area contributed by atoms with E-state index in [-0.39, 0.29) is 0 Å². The van der Waals surface area contributed by atoms with Crippen molar-refractivity contribution in [3.63, 3.8) is 0 Å². The third-order valence-electron chi connectivity index (χ3n) is 10.2. The van der Waals surface area contributed by atoms with Crippen molar-refractivity contribution >= 4 is 71.2 Å². The number of nitrogens with zero attached hydrogens (tertiary/aromatic N) is 4. The average molecular weight is 625 g/mol. The third-order valence-corrected chi connectivity index (χ3v) is 10.2. The van der Waals surface area contributed by atoms with Crippen molar-refractivity contribution < 1.29 is 0 Å². The number of pyridine rings is 1. The molecule has 11 rings (SSSR count). The van der Waals surface area contributed by atoms with E-state index in [2.05, 4.69) is 183 Å². The van der Waals surface area contributed by atoms with Gasteiger partial charge >= 0.3 is 0 Å². The van der Waals surface area contributed by atoms with Gasteiger partial charge in [-0.25, -0.2) is 4.98 Å². The van der Waals surface area contributed by atoms with Crippen LogP contribution in [-0.2, 0) is 0 Å². The van der Waals surface area contributed by atoms with Crippen LogP contribution in [0.4, 0.5) is 0 Å². The van der Waals surface area contributed by atoms with E-state index < -0.39 is 0 Å². The molecule has 7 aromatic carbocycles. The molecule has 4 aromatic heterocycles. The third kappa shape index (κ3) is 3.66. The Kier molecular flexibility index (Phi) is 5.35. The van der Waals surface area contributed by atoms with Crippen molar-refractivity contribution in [3.05, 3.63) is 170 Å². The molecule has 0 fully saturated rings. The average Bonchev–Trinajstić information content (AvgIpc) is 3.83. The standard InChI is InChI=1S/C45H28N4/c1-3-13-31(14-4-1)47-38-20-10-7-17-33(38)35-27-29(23-25-40(35)47)30-24-26-41-36(28-30)43-44(48(41)32-15-5-2-6-16-32)34-18-8-11-21-39(34)49-42-22-12-9-19-37(42)46-45(43)49/h1-28H. The van der Waals surface area contributed by atoms with Gasteiger partial charge in [0.1, 0.15) is 5.65 Å². The predicted molar refractivity (Wildman–Crippen MR) is 204 cm³/mol. The number of rotatable bonds is 3. The molecule has 0 radical (unpaired) electrons. The topological polar surface area (TPSA) is 27.2 Å². The second-order valence-electron chi connectivity index (χ2n) is 12.8. The van der Waals surface area contributed by atoms with Crippen LogP contribution in [0.2, 0.25) is 0 Å². The molecule has 11 aromatic rings. The van der Waals surface area contributed by atoms with Gasteiger partial charge in [0, 0.05) is 32.9 Å². The lowest BCUT2D eigenvalue weighted by Crippen LogP contribution is -1.96. The number of hydrogen-bond acceptors (Lipinski definition) is 1. The summed E-state index contributed by atoms with van der Waals surface area (Å²) in [5, 5.41) is 6.05. The van der Waals surface area contributed by atoms with Crippen LogP contribution < -0.4 is 0 Å². The monoisotopic (exact) mass is 624 g/mol. The number of para-hydroxylation sites is 6. The fraction of sp³-hybridized carbons (Fsp3) is 0. The summed E-state index contributed by atoms with van der Waals surface area (Å²) in [4.78, 5) is 5.31. The molecule has 0 aliphatic rings. The van der Waals surface area contributed by atoms with Gasteiger partial charge in [-0.2, -0.15) is 0 Å². The zero-order valence-electron chi connectivity index (χ0n) is 26.5. The summed E-state index contributed by atoms with van der Waals surface area (Å²) in [7, 11) is 0. The van der Waals surface area contributed by atoms with Gasteiger partial charge in [0.05, 0.1) is 44.0 Å². The van der Waals surface area contributed by atoms with Crippen LogP contribution in [0, 0.1) is 0 Å². The first kappa shape index (κ1) is 26.4. The summed E-state index contributed by atoms with van der Waals surface area (Å²) in [6.07, 6.45) is 0. The Bertz CT molecular complexity index is 3090. The van der Waals surface area contributed by atoms with Crippen molar-refractivity contribution in [3.8, 4) is 22.5 Å². The van der Waals surface area contributed by atoms with Gasteiger partial charge in [-0.3, -0.25) is 4.40 Å². The van der Waals surface area contributed by atoms with E-state index in [1.54, 1.807) is 0 Å². The van der Waals surface area contributed by atoms with Gasteiger partial charge in [-0.1, -0.05) is 97.1 Å². The first-order valence-electron chi connectivity index (χ1n) is 16.7. The normalized spacial score (nSPS) is 12.1. The lowest BCUT2D eigenvalue weighted by atomic mass is 10.0. The van der Waals surface area contributed by atoms with Gasteiger partial charge in [-0.05, 0) is 83.9 Å². The first-order valence-corrected chi connectivity index (χ1v) is 16.7. The van der Waals surface area contributed by atoms with Crippen LogP contribution in [-0.4, -0.2) is 18.5 Å². The van der Waals surface area contributed by atoms with E-state index >= 15 is 0 Å². The lowest BCUT2D eigenvalue weighted by molar-refractivity contribution is 1.18. The summed E-state index contributed by atoms with van der Waals surface area (Å²) in [5.74, 6) is 0. The van der Waals surface area contributed by atoms with Crippen molar-refractivity contribution in [1.29, 1.82) is 0 Å². The molecule has 0 spiro atoms. The number of fused-ring (bicyclic) bond motifs is 13. The predicted octanol–water partition coefficient (Wildman–Crippen LogP) is 11.5. The first-order chi connectivity index (χ1) is 24.3. The van der Waals surface area contributed by atoms with E-state index in [0.717, 1.165) is 38.8 Å². The molecule has 0 bridgehead atoms. The van der Waals surface area contributed by atoms with Gasteiger partial charge in [0.15, 0.2) is 0 Å². The maximum atomic E-state index is 5.31. The molecule has 0 saturated heterocycles. The van der Waals surface area contributed by atoms with Crippen LogP contribution in [0.3, 0.4) is 0 Å². The number of aromatic nitrogens is 4. The molecule has 0 aliphatic heterocycles. The van der Waals surface area contributed by atoms with E-state index in [1.165, 1.54) is 54.9 Å². The van der Waals surface area contributed by atoms with Crippen molar-refractivity contribution in [2.75, 3.05) is 0 Å².